The Labute approximate surface area is 143 Å². The Hall–Kier alpha value is -1.15. The average Bonchev–Trinajstić information content (AvgIpc) is 2.41. The van der Waals surface area contributed by atoms with Crippen molar-refractivity contribution in [3.63, 3.8) is 0 Å². The van der Waals surface area contributed by atoms with Crippen LogP contribution in [0.1, 0.15) is 36.2 Å². The average molecular weight is 362 g/mol. The number of benzene rings is 1. The van der Waals surface area contributed by atoms with E-state index in [1.54, 1.807) is 13.0 Å². The molecule has 8 heteroatoms. The summed E-state index contributed by atoms with van der Waals surface area (Å²) < 4.78 is 27.0. The van der Waals surface area contributed by atoms with Gasteiger partial charge in [-0.05, 0) is 36.5 Å². The Morgan fingerprint density at radius 2 is 1.96 bits per heavy atom. The van der Waals surface area contributed by atoms with E-state index in [0.29, 0.717) is 25.1 Å². The number of rotatable bonds is 3. The number of aryl methyl sites for hydroxylation is 1. The first-order valence-electron chi connectivity index (χ1n) is 7.22. The summed E-state index contributed by atoms with van der Waals surface area (Å²) >= 11 is 0. The molecule has 23 heavy (non-hydrogen) atoms. The van der Waals surface area contributed by atoms with Gasteiger partial charge in [-0.3, -0.25) is 4.79 Å². The van der Waals surface area contributed by atoms with Crippen molar-refractivity contribution >= 4 is 28.3 Å². The third-order valence-corrected chi connectivity index (χ3v) is 6.23. The summed E-state index contributed by atoms with van der Waals surface area (Å²) in [6, 6.07) is 4.44. The molecule has 1 aliphatic rings. The van der Waals surface area contributed by atoms with Gasteiger partial charge in [-0.1, -0.05) is 19.9 Å². The predicted octanol–water partition coefficient (Wildman–Crippen LogP) is 1.26. The largest absolute Gasteiger partial charge is 0.366 e. The van der Waals surface area contributed by atoms with Crippen molar-refractivity contribution in [2.45, 2.75) is 38.1 Å². The van der Waals surface area contributed by atoms with E-state index in [0.717, 1.165) is 0 Å². The van der Waals surface area contributed by atoms with E-state index in [1.165, 1.54) is 16.4 Å². The van der Waals surface area contributed by atoms with E-state index in [2.05, 4.69) is 0 Å². The zero-order valence-corrected chi connectivity index (χ0v) is 15.2. The highest BCUT2D eigenvalue weighted by atomic mass is 35.5. The lowest BCUT2D eigenvalue weighted by atomic mass is 9.81. The van der Waals surface area contributed by atoms with Gasteiger partial charge >= 0.3 is 0 Å². The Bertz CT molecular complexity index is 704. The van der Waals surface area contributed by atoms with Gasteiger partial charge in [-0.2, -0.15) is 4.31 Å². The summed E-state index contributed by atoms with van der Waals surface area (Å²) in [6.07, 6.45) is 0.612. The highest BCUT2D eigenvalue weighted by Gasteiger charge is 2.38. The monoisotopic (exact) mass is 361 g/mol. The van der Waals surface area contributed by atoms with E-state index in [4.69, 9.17) is 11.5 Å². The number of carbonyl (C=O) groups excluding carboxylic acids is 1. The van der Waals surface area contributed by atoms with E-state index in [-0.39, 0.29) is 34.3 Å². The summed E-state index contributed by atoms with van der Waals surface area (Å²) in [5, 5.41) is 0. The maximum atomic E-state index is 12.8. The van der Waals surface area contributed by atoms with Gasteiger partial charge in [0.15, 0.2) is 0 Å². The highest BCUT2D eigenvalue weighted by molar-refractivity contribution is 7.89. The van der Waals surface area contributed by atoms with Gasteiger partial charge in [0, 0.05) is 24.7 Å². The number of nitrogens with zero attached hydrogens (tertiary/aromatic N) is 1. The van der Waals surface area contributed by atoms with Crippen LogP contribution < -0.4 is 11.5 Å². The molecule has 1 unspecified atom stereocenters. The number of hydrogen-bond donors (Lipinski definition) is 2. The molecule has 0 bridgehead atoms. The zero-order valence-electron chi connectivity index (χ0n) is 13.6. The molecule has 1 aromatic carbocycles. The minimum Gasteiger partial charge on any atom is -0.366 e. The second kappa shape index (κ2) is 6.76. The van der Waals surface area contributed by atoms with Crippen LogP contribution in [0.5, 0.6) is 0 Å². The molecule has 4 N–H and O–H groups in total. The third kappa shape index (κ3) is 3.85. The van der Waals surface area contributed by atoms with Crippen LogP contribution in [0, 0.1) is 12.3 Å². The van der Waals surface area contributed by atoms with Gasteiger partial charge in [-0.25, -0.2) is 8.42 Å². The standard InChI is InChI=1S/C15H23N3O3S.ClH/c1-10-4-5-11(8-12(10)14(17)19)22(20,21)18-7-6-13(16)15(2,3)9-18;/h4-5,8,13H,6-7,9,16H2,1-3H3,(H2,17,19);1H. The molecule has 6 nitrogen and oxygen atoms in total. The van der Waals surface area contributed by atoms with E-state index >= 15 is 0 Å². The Kier molecular flexibility index (Phi) is 5.85. The molecule has 1 saturated heterocycles. The van der Waals surface area contributed by atoms with Crippen LogP contribution in [0.3, 0.4) is 0 Å². The maximum absolute atomic E-state index is 12.8. The van der Waals surface area contributed by atoms with Crippen LogP contribution in [0.2, 0.25) is 0 Å². The topological polar surface area (TPSA) is 106 Å². The molecule has 0 aliphatic carbocycles. The van der Waals surface area contributed by atoms with Crippen molar-refractivity contribution in [2.24, 2.45) is 16.9 Å². The number of nitrogens with two attached hydrogens (primary N) is 2. The van der Waals surface area contributed by atoms with Crippen molar-refractivity contribution in [3.05, 3.63) is 29.3 Å². The summed E-state index contributed by atoms with van der Waals surface area (Å²) in [4.78, 5) is 11.5. The minimum absolute atomic E-state index is 0. The molecule has 0 aromatic heterocycles. The van der Waals surface area contributed by atoms with Crippen molar-refractivity contribution < 1.29 is 13.2 Å². The van der Waals surface area contributed by atoms with Gasteiger partial charge in [0.25, 0.3) is 0 Å². The molecule has 0 spiro atoms. The molecule has 0 radical (unpaired) electrons. The number of primary amides is 1. The quantitative estimate of drug-likeness (QED) is 0.845. The Morgan fingerprint density at radius 1 is 1.35 bits per heavy atom. The van der Waals surface area contributed by atoms with Crippen LogP contribution in [-0.4, -0.2) is 37.8 Å². The molecule has 1 heterocycles. The number of piperidine rings is 1. The maximum Gasteiger partial charge on any atom is 0.249 e. The lowest BCUT2D eigenvalue weighted by molar-refractivity contribution is 0.0999. The summed E-state index contributed by atoms with van der Waals surface area (Å²) in [6.45, 7) is 6.38. The van der Waals surface area contributed by atoms with Crippen LogP contribution in [-0.2, 0) is 10.0 Å². The van der Waals surface area contributed by atoms with Crippen LogP contribution in [0.25, 0.3) is 0 Å². The summed E-state index contributed by atoms with van der Waals surface area (Å²) in [5.41, 5.74) is 12.0. The molecule has 1 atom stereocenters. The third-order valence-electron chi connectivity index (χ3n) is 4.39. The van der Waals surface area contributed by atoms with E-state index in [1.807, 2.05) is 13.8 Å². The molecule has 0 saturated carbocycles. The fourth-order valence-electron chi connectivity index (χ4n) is 2.71. The van der Waals surface area contributed by atoms with Crippen LogP contribution in [0.15, 0.2) is 23.1 Å². The molecule has 1 aliphatic heterocycles. The second-order valence-electron chi connectivity index (χ2n) is 6.56. The number of amides is 1. The second-order valence-corrected chi connectivity index (χ2v) is 8.50. The predicted molar refractivity (Wildman–Crippen MR) is 92.1 cm³/mol. The first-order chi connectivity index (χ1) is 10.1. The number of carbonyl (C=O) groups is 1. The lowest BCUT2D eigenvalue weighted by Gasteiger charge is -2.41. The molecular formula is C15H24ClN3O3S. The van der Waals surface area contributed by atoms with Crippen LogP contribution >= 0.6 is 12.4 Å². The SMILES string of the molecule is Cc1ccc(S(=O)(=O)N2CCC(N)C(C)(C)C2)cc1C(N)=O.Cl. The van der Waals surface area contributed by atoms with Crippen molar-refractivity contribution in [1.82, 2.24) is 4.31 Å². The van der Waals surface area contributed by atoms with Gasteiger partial charge in [0.05, 0.1) is 4.90 Å². The Balaban J connectivity index is 0.00000264. The first-order valence-corrected chi connectivity index (χ1v) is 8.66. The van der Waals surface area contributed by atoms with E-state index < -0.39 is 15.9 Å². The molecule has 130 valence electrons. The van der Waals surface area contributed by atoms with Crippen molar-refractivity contribution in [2.75, 3.05) is 13.1 Å². The summed E-state index contributed by atoms with van der Waals surface area (Å²) in [5.74, 6) is -0.629. The fourth-order valence-corrected chi connectivity index (χ4v) is 4.36. The molecule has 1 aromatic rings. The number of halogens is 1. The smallest absolute Gasteiger partial charge is 0.249 e. The number of sulfonamides is 1. The van der Waals surface area contributed by atoms with Gasteiger partial charge in [0.2, 0.25) is 15.9 Å². The summed E-state index contributed by atoms with van der Waals surface area (Å²) in [7, 11) is -3.66. The lowest BCUT2D eigenvalue weighted by Crippen LogP contribution is -2.53. The molecule has 2 rings (SSSR count). The highest BCUT2D eigenvalue weighted by Crippen LogP contribution is 2.31. The van der Waals surface area contributed by atoms with Gasteiger partial charge < -0.3 is 11.5 Å². The van der Waals surface area contributed by atoms with Gasteiger partial charge in [-0.15, -0.1) is 12.4 Å². The number of hydrogen-bond acceptors (Lipinski definition) is 4. The van der Waals surface area contributed by atoms with Crippen LogP contribution in [0.4, 0.5) is 0 Å². The van der Waals surface area contributed by atoms with Crippen molar-refractivity contribution in [3.8, 4) is 0 Å². The van der Waals surface area contributed by atoms with E-state index in [9.17, 15) is 13.2 Å². The Morgan fingerprint density at radius 3 is 2.48 bits per heavy atom. The minimum atomic E-state index is -3.66. The molecule has 1 fully saturated rings. The zero-order chi connectivity index (χ0) is 16.7. The molecular weight excluding hydrogens is 338 g/mol. The molecule has 1 amide bonds. The van der Waals surface area contributed by atoms with Crippen molar-refractivity contribution in [1.29, 1.82) is 0 Å². The normalized spacial score (nSPS) is 21.5. The van der Waals surface area contributed by atoms with Gasteiger partial charge in [0.1, 0.15) is 0 Å². The first kappa shape index (κ1) is 19.9. The fraction of sp³-hybridized carbons (Fsp3) is 0.533.